The SMILES string of the molecule is CCCCn1c(CNC(=O)c2ccccc2OC)nnc1S[C@@H](C)C(=O)Nc1sc(C(=O)OCC)c(C)c1C(=O)OCC. The van der Waals surface area contributed by atoms with Crippen LogP contribution in [0.2, 0.25) is 0 Å². The van der Waals surface area contributed by atoms with Gasteiger partial charge in [-0.2, -0.15) is 0 Å². The Hall–Kier alpha value is -3.91. The summed E-state index contributed by atoms with van der Waals surface area (Å²) in [4.78, 5) is 51.6. The summed E-state index contributed by atoms with van der Waals surface area (Å²) >= 11 is 2.17. The number of carbonyl (C=O) groups excluding carboxylic acids is 4. The normalized spacial score (nSPS) is 11.5. The molecule has 43 heavy (non-hydrogen) atoms. The molecule has 2 amide bonds. The van der Waals surface area contributed by atoms with Crippen LogP contribution in [0.4, 0.5) is 5.00 Å². The fraction of sp³-hybridized carbons (Fsp3) is 0.448. The molecule has 0 radical (unpaired) electrons. The first-order valence-corrected chi connectivity index (χ1v) is 15.6. The summed E-state index contributed by atoms with van der Waals surface area (Å²) in [6, 6.07) is 6.93. The molecule has 3 rings (SSSR count). The second-order valence-electron chi connectivity index (χ2n) is 9.24. The summed E-state index contributed by atoms with van der Waals surface area (Å²) in [6.45, 7) is 9.78. The molecule has 0 bridgehead atoms. The van der Waals surface area contributed by atoms with Crippen molar-refractivity contribution in [2.45, 2.75) is 71.0 Å². The van der Waals surface area contributed by atoms with Crippen molar-refractivity contribution in [3.05, 3.63) is 51.7 Å². The quantitative estimate of drug-likeness (QED) is 0.176. The number of anilines is 1. The molecule has 1 aromatic carbocycles. The molecular weight excluding hydrogens is 594 g/mol. The van der Waals surface area contributed by atoms with Gasteiger partial charge in [0.05, 0.1) is 43.2 Å². The average molecular weight is 632 g/mol. The Morgan fingerprint density at radius 1 is 1.05 bits per heavy atom. The maximum Gasteiger partial charge on any atom is 0.348 e. The Bertz CT molecular complexity index is 1450. The van der Waals surface area contributed by atoms with Crippen molar-refractivity contribution in [1.29, 1.82) is 0 Å². The van der Waals surface area contributed by atoms with Gasteiger partial charge in [-0.25, -0.2) is 9.59 Å². The van der Waals surface area contributed by atoms with E-state index in [9.17, 15) is 19.2 Å². The second-order valence-corrected chi connectivity index (χ2v) is 11.6. The van der Waals surface area contributed by atoms with Crippen LogP contribution in [0.25, 0.3) is 0 Å². The van der Waals surface area contributed by atoms with Gasteiger partial charge in [-0.1, -0.05) is 37.2 Å². The standard InChI is InChI=1S/C29H37N5O7S2/c1-7-10-15-34-21(16-30-25(36)19-13-11-12-14-20(19)39-6)32-33-29(34)42-18(5)24(35)31-26-22(27(37)40-8-2)17(4)23(43-26)28(38)41-9-3/h11-14,18H,7-10,15-16H2,1-6H3,(H,30,36)(H,31,35)/t18-/m0/s1. The monoisotopic (exact) mass is 631 g/mol. The number of para-hydroxylation sites is 1. The molecule has 2 N–H and O–H groups in total. The largest absolute Gasteiger partial charge is 0.496 e. The minimum absolute atomic E-state index is 0.125. The van der Waals surface area contributed by atoms with Gasteiger partial charge >= 0.3 is 11.9 Å². The maximum atomic E-state index is 13.3. The summed E-state index contributed by atoms with van der Waals surface area (Å²) in [5.41, 5.74) is 0.915. The maximum absolute atomic E-state index is 13.3. The molecule has 2 aromatic heterocycles. The third-order valence-electron chi connectivity index (χ3n) is 6.26. The van der Waals surface area contributed by atoms with Crippen molar-refractivity contribution in [1.82, 2.24) is 20.1 Å². The van der Waals surface area contributed by atoms with E-state index in [0.717, 1.165) is 24.2 Å². The van der Waals surface area contributed by atoms with Crippen molar-refractivity contribution in [3.63, 3.8) is 0 Å². The number of ether oxygens (including phenoxy) is 3. The lowest BCUT2D eigenvalue weighted by Gasteiger charge is -2.14. The number of thioether (sulfide) groups is 1. The Kier molecular flexibility index (Phi) is 12.6. The third-order valence-corrected chi connectivity index (χ3v) is 8.53. The van der Waals surface area contributed by atoms with Gasteiger partial charge in [-0.3, -0.25) is 9.59 Å². The Morgan fingerprint density at radius 3 is 2.42 bits per heavy atom. The molecule has 1 atom stereocenters. The van der Waals surface area contributed by atoms with E-state index in [4.69, 9.17) is 14.2 Å². The molecule has 0 aliphatic rings. The first-order chi connectivity index (χ1) is 20.7. The van der Waals surface area contributed by atoms with Crippen molar-refractivity contribution >= 4 is 51.9 Å². The molecule has 0 saturated carbocycles. The summed E-state index contributed by atoms with van der Waals surface area (Å²) in [6.07, 6.45) is 1.76. The Morgan fingerprint density at radius 2 is 1.74 bits per heavy atom. The van der Waals surface area contributed by atoms with Crippen molar-refractivity contribution < 1.29 is 33.4 Å². The van der Waals surface area contributed by atoms with Gasteiger partial charge in [0, 0.05) is 6.54 Å². The molecular formula is C29H37N5O7S2. The van der Waals surface area contributed by atoms with Crippen LogP contribution in [0.1, 0.15) is 82.3 Å². The minimum atomic E-state index is -0.649. The lowest BCUT2D eigenvalue weighted by molar-refractivity contribution is -0.115. The van der Waals surface area contributed by atoms with Gasteiger partial charge in [0.15, 0.2) is 11.0 Å². The highest BCUT2D eigenvalue weighted by Crippen LogP contribution is 2.35. The van der Waals surface area contributed by atoms with E-state index in [2.05, 4.69) is 27.8 Å². The molecule has 2 heterocycles. The zero-order valence-electron chi connectivity index (χ0n) is 25.1. The number of amides is 2. The molecule has 0 aliphatic carbocycles. The highest BCUT2D eigenvalue weighted by Gasteiger charge is 2.29. The lowest BCUT2D eigenvalue weighted by atomic mass is 10.1. The van der Waals surface area contributed by atoms with Gasteiger partial charge < -0.3 is 29.4 Å². The number of nitrogens with zero attached hydrogens (tertiary/aromatic N) is 3. The molecule has 12 nitrogen and oxygen atoms in total. The van der Waals surface area contributed by atoms with E-state index >= 15 is 0 Å². The van der Waals surface area contributed by atoms with Crippen LogP contribution < -0.4 is 15.4 Å². The summed E-state index contributed by atoms with van der Waals surface area (Å²) in [5.74, 6) is -0.915. The second kappa shape index (κ2) is 16.1. The smallest absolute Gasteiger partial charge is 0.348 e. The van der Waals surface area contributed by atoms with E-state index < -0.39 is 23.1 Å². The zero-order chi connectivity index (χ0) is 31.5. The predicted molar refractivity (Wildman–Crippen MR) is 164 cm³/mol. The summed E-state index contributed by atoms with van der Waals surface area (Å²) in [5, 5.41) is 14.3. The van der Waals surface area contributed by atoms with Gasteiger partial charge in [0.25, 0.3) is 5.91 Å². The number of esters is 2. The van der Waals surface area contributed by atoms with E-state index in [1.54, 1.807) is 52.0 Å². The molecule has 0 spiro atoms. The minimum Gasteiger partial charge on any atom is -0.496 e. The number of carbonyl (C=O) groups is 4. The van der Waals surface area contributed by atoms with Crippen molar-refractivity contribution in [2.24, 2.45) is 0 Å². The van der Waals surface area contributed by atoms with Crippen LogP contribution in [0, 0.1) is 6.92 Å². The van der Waals surface area contributed by atoms with E-state index in [-0.39, 0.29) is 41.1 Å². The van der Waals surface area contributed by atoms with Crippen LogP contribution in [0.3, 0.4) is 0 Å². The molecule has 3 aromatic rings. The summed E-state index contributed by atoms with van der Waals surface area (Å²) < 4.78 is 17.5. The van der Waals surface area contributed by atoms with Gasteiger partial charge in [0.2, 0.25) is 5.91 Å². The Labute approximate surface area is 258 Å². The number of nitrogens with one attached hydrogen (secondary N) is 2. The number of methoxy groups -OCH3 is 1. The van der Waals surface area contributed by atoms with Gasteiger partial charge in [0.1, 0.15) is 15.6 Å². The molecule has 232 valence electrons. The highest BCUT2D eigenvalue weighted by molar-refractivity contribution is 8.00. The topological polar surface area (TPSA) is 151 Å². The van der Waals surface area contributed by atoms with Crippen LogP contribution >= 0.6 is 23.1 Å². The van der Waals surface area contributed by atoms with Crippen LogP contribution in [-0.4, -0.2) is 64.1 Å². The van der Waals surface area contributed by atoms with E-state index in [0.29, 0.717) is 34.4 Å². The van der Waals surface area contributed by atoms with Gasteiger partial charge in [-0.05, 0) is 51.8 Å². The molecule has 0 fully saturated rings. The number of thiophene rings is 1. The number of benzene rings is 1. The Balaban J connectivity index is 1.78. The van der Waals surface area contributed by atoms with E-state index in [1.807, 2.05) is 4.57 Å². The first-order valence-electron chi connectivity index (χ1n) is 13.9. The van der Waals surface area contributed by atoms with Crippen LogP contribution in [0.5, 0.6) is 5.75 Å². The first kappa shape index (κ1) is 33.6. The number of hydrogen-bond donors (Lipinski definition) is 2. The predicted octanol–water partition coefficient (Wildman–Crippen LogP) is 4.86. The number of hydrogen-bond acceptors (Lipinski definition) is 11. The molecule has 0 aliphatic heterocycles. The molecule has 0 unspecified atom stereocenters. The fourth-order valence-electron chi connectivity index (χ4n) is 4.03. The van der Waals surface area contributed by atoms with Crippen LogP contribution in [0.15, 0.2) is 29.4 Å². The number of unbranched alkanes of at least 4 members (excludes halogenated alkanes) is 1. The summed E-state index contributed by atoms with van der Waals surface area (Å²) in [7, 11) is 1.50. The third kappa shape index (κ3) is 8.35. The fourth-order valence-corrected chi connectivity index (χ4v) is 6.02. The molecule has 0 saturated heterocycles. The number of aromatic nitrogens is 3. The highest BCUT2D eigenvalue weighted by atomic mass is 32.2. The van der Waals surface area contributed by atoms with Crippen molar-refractivity contribution in [3.8, 4) is 5.75 Å². The van der Waals surface area contributed by atoms with Gasteiger partial charge in [-0.15, -0.1) is 21.5 Å². The van der Waals surface area contributed by atoms with Crippen molar-refractivity contribution in [2.75, 3.05) is 25.6 Å². The number of rotatable bonds is 15. The lowest BCUT2D eigenvalue weighted by Crippen LogP contribution is -2.26. The van der Waals surface area contributed by atoms with E-state index in [1.165, 1.54) is 18.9 Å². The van der Waals surface area contributed by atoms with Crippen LogP contribution in [-0.2, 0) is 27.4 Å². The molecule has 14 heteroatoms. The zero-order valence-corrected chi connectivity index (χ0v) is 26.8. The average Bonchev–Trinajstić information content (AvgIpc) is 3.53.